The molecular formula is C21H23ClN2O2. The SMILES string of the molecule is O=C(O)/C=C/CNCCCN1c2ccccc2CCc2ccc(Cl)cc21. The number of benzene rings is 2. The topological polar surface area (TPSA) is 52.6 Å². The summed E-state index contributed by atoms with van der Waals surface area (Å²) in [4.78, 5) is 12.8. The monoisotopic (exact) mass is 370 g/mol. The lowest BCUT2D eigenvalue weighted by Gasteiger charge is -2.27. The maximum absolute atomic E-state index is 10.5. The van der Waals surface area contributed by atoms with E-state index in [1.807, 2.05) is 6.07 Å². The number of hydrogen-bond acceptors (Lipinski definition) is 3. The molecule has 136 valence electrons. The first kappa shape index (κ1) is 18.5. The molecule has 0 atom stereocenters. The van der Waals surface area contributed by atoms with Gasteiger partial charge in [0.2, 0.25) is 0 Å². The van der Waals surface area contributed by atoms with Crippen LogP contribution in [0.2, 0.25) is 5.02 Å². The summed E-state index contributed by atoms with van der Waals surface area (Å²) in [6.45, 7) is 2.25. The van der Waals surface area contributed by atoms with E-state index in [0.29, 0.717) is 6.54 Å². The zero-order valence-electron chi connectivity index (χ0n) is 14.6. The lowest BCUT2D eigenvalue weighted by Crippen LogP contribution is -2.24. The summed E-state index contributed by atoms with van der Waals surface area (Å²) in [5.74, 6) is -0.915. The van der Waals surface area contributed by atoms with E-state index >= 15 is 0 Å². The van der Waals surface area contributed by atoms with E-state index in [2.05, 4.69) is 46.6 Å². The first-order chi connectivity index (χ1) is 12.6. The molecule has 5 heteroatoms. The van der Waals surface area contributed by atoms with E-state index in [1.54, 1.807) is 6.08 Å². The summed E-state index contributed by atoms with van der Waals surface area (Å²) in [6.07, 6.45) is 5.77. The van der Waals surface area contributed by atoms with Gasteiger partial charge < -0.3 is 15.3 Å². The summed E-state index contributed by atoms with van der Waals surface area (Å²) in [5, 5.41) is 12.6. The largest absolute Gasteiger partial charge is 0.478 e. The van der Waals surface area contributed by atoms with Gasteiger partial charge in [-0.3, -0.25) is 0 Å². The second kappa shape index (κ2) is 8.88. The van der Waals surface area contributed by atoms with Crippen molar-refractivity contribution in [2.75, 3.05) is 24.5 Å². The van der Waals surface area contributed by atoms with Crippen LogP contribution in [0.4, 0.5) is 11.4 Å². The number of nitrogens with zero attached hydrogens (tertiary/aromatic N) is 1. The fourth-order valence-corrected chi connectivity index (χ4v) is 3.50. The van der Waals surface area contributed by atoms with Gasteiger partial charge in [-0.1, -0.05) is 41.9 Å². The molecule has 0 saturated heterocycles. The third-order valence-corrected chi connectivity index (χ3v) is 4.78. The second-order valence-corrected chi connectivity index (χ2v) is 6.79. The molecule has 3 rings (SSSR count). The number of fused-ring (bicyclic) bond motifs is 2. The number of para-hydroxylation sites is 1. The summed E-state index contributed by atoms with van der Waals surface area (Å²) < 4.78 is 0. The Hall–Kier alpha value is -2.30. The van der Waals surface area contributed by atoms with Crippen LogP contribution in [-0.4, -0.2) is 30.7 Å². The summed E-state index contributed by atoms with van der Waals surface area (Å²) in [7, 11) is 0. The van der Waals surface area contributed by atoms with E-state index in [9.17, 15) is 4.79 Å². The third-order valence-electron chi connectivity index (χ3n) is 4.54. The third kappa shape index (κ3) is 4.65. The predicted octanol–water partition coefficient (Wildman–Crippen LogP) is 4.20. The first-order valence-electron chi connectivity index (χ1n) is 8.89. The number of aliphatic carboxylic acids is 1. The quantitative estimate of drug-likeness (QED) is 0.566. The van der Waals surface area contributed by atoms with Gasteiger partial charge in [-0.15, -0.1) is 0 Å². The highest BCUT2D eigenvalue weighted by molar-refractivity contribution is 6.30. The zero-order chi connectivity index (χ0) is 18.4. The first-order valence-corrected chi connectivity index (χ1v) is 9.27. The molecule has 1 heterocycles. The van der Waals surface area contributed by atoms with Gasteiger partial charge in [-0.05, 0) is 55.1 Å². The number of nitrogens with one attached hydrogen (secondary N) is 1. The number of aryl methyl sites for hydroxylation is 2. The minimum Gasteiger partial charge on any atom is -0.478 e. The average molecular weight is 371 g/mol. The summed E-state index contributed by atoms with van der Waals surface area (Å²) in [6, 6.07) is 14.7. The minimum absolute atomic E-state index is 0.561. The second-order valence-electron chi connectivity index (χ2n) is 6.35. The van der Waals surface area contributed by atoms with Crippen molar-refractivity contribution < 1.29 is 9.90 Å². The van der Waals surface area contributed by atoms with Crippen LogP contribution in [-0.2, 0) is 17.6 Å². The molecule has 0 spiro atoms. The molecule has 2 N–H and O–H groups in total. The molecule has 0 bridgehead atoms. The van der Waals surface area contributed by atoms with Gasteiger partial charge in [0.1, 0.15) is 0 Å². The van der Waals surface area contributed by atoms with Crippen LogP contribution in [0.15, 0.2) is 54.6 Å². The van der Waals surface area contributed by atoms with Crippen molar-refractivity contribution in [3.05, 3.63) is 70.8 Å². The Morgan fingerprint density at radius 3 is 2.73 bits per heavy atom. The Kier molecular flexibility index (Phi) is 6.31. The van der Waals surface area contributed by atoms with Crippen LogP contribution in [0.25, 0.3) is 0 Å². The molecule has 1 aliphatic heterocycles. The zero-order valence-corrected chi connectivity index (χ0v) is 15.4. The molecule has 0 radical (unpaired) electrons. The number of carboxylic acids is 1. The van der Waals surface area contributed by atoms with E-state index in [0.717, 1.165) is 43.5 Å². The van der Waals surface area contributed by atoms with Crippen molar-refractivity contribution in [3.8, 4) is 0 Å². The molecule has 26 heavy (non-hydrogen) atoms. The molecule has 0 fully saturated rings. The Balaban J connectivity index is 1.71. The van der Waals surface area contributed by atoms with E-state index in [4.69, 9.17) is 16.7 Å². The summed E-state index contributed by atoms with van der Waals surface area (Å²) in [5.41, 5.74) is 5.12. The highest BCUT2D eigenvalue weighted by Crippen LogP contribution is 2.37. The molecule has 4 nitrogen and oxygen atoms in total. The highest BCUT2D eigenvalue weighted by atomic mass is 35.5. The number of carboxylic acid groups (broad SMARTS) is 1. The maximum Gasteiger partial charge on any atom is 0.328 e. The fraction of sp³-hybridized carbons (Fsp3) is 0.286. The maximum atomic E-state index is 10.5. The van der Waals surface area contributed by atoms with Crippen LogP contribution >= 0.6 is 11.6 Å². The van der Waals surface area contributed by atoms with Crippen molar-refractivity contribution >= 4 is 28.9 Å². The van der Waals surface area contributed by atoms with Gasteiger partial charge in [0.15, 0.2) is 0 Å². The number of halogens is 1. The van der Waals surface area contributed by atoms with E-state index in [1.165, 1.54) is 22.5 Å². The van der Waals surface area contributed by atoms with Gasteiger partial charge >= 0.3 is 5.97 Å². The Bertz CT molecular complexity index is 804. The lowest BCUT2D eigenvalue weighted by molar-refractivity contribution is -0.131. The number of carbonyl (C=O) groups is 1. The van der Waals surface area contributed by atoms with Crippen molar-refractivity contribution in [3.63, 3.8) is 0 Å². The van der Waals surface area contributed by atoms with Crippen LogP contribution < -0.4 is 10.2 Å². The van der Waals surface area contributed by atoms with Crippen molar-refractivity contribution in [2.24, 2.45) is 0 Å². The van der Waals surface area contributed by atoms with Crippen molar-refractivity contribution in [1.29, 1.82) is 0 Å². The standard InChI is InChI=1S/C21H23ClN2O2/c22-18-11-10-17-9-8-16-5-1-2-6-19(16)24(20(17)15-18)14-4-13-23-12-3-7-21(25)26/h1-3,5-7,10-11,15,23H,4,8-9,12-14H2,(H,25,26)/b7-3+. The predicted molar refractivity (Wildman–Crippen MR) is 107 cm³/mol. The van der Waals surface area contributed by atoms with Crippen molar-refractivity contribution in [1.82, 2.24) is 5.32 Å². The van der Waals surface area contributed by atoms with Gasteiger partial charge in [0, 0.05) is 35.6 Å². The van der Waals surface area contributed by atoms with Gasteiger partial charge in [0.25, 0.3) is 0 Å². The average Bonchev–Trinajstić information content (AvgIpc) is 2.78. The van der Waals surface area contributed by atoms with Crippen LogP contribution in [0.5, 0.6) is 0 Å². The normalized spacial score (nSPS) is 13.3. The molecule has 0 saturated carbocycles. The van der Waals surface area contributed by atoms with Crippen molar-refractivity contribution in [2.45, 2.75) is 19.3 Å². The Morgan fingerprint density at radius 2 is 1.92 bits per heavy atom. The number of rotatable bonds is 7. The molecule has 0 aromatic heterocycles. The number of anilines is 2. The molecule has 2 aromatic rings. The van der Waals surface area contributed by atoms with E-state index in [-0.39, 0.29) is 0 Å². The van der Waals surface area contributed by atoms with Gasteiger partial charge in [-0.2, -0.15) is 0 Å². The molecular weight excluding hydrogens is 348 g/mol. The van der Waals surface area contributed by atoms with Gasteiger partial charge in [0.05, 0.1) is 0 Å². The molecule has 0 unspecified atom stereocenters. The van der Waals surface area contributed by atoms with Crippen LogP contribution in [0.3, 0.4) is 0 Å². The molecule has 2 aromatic carbocycles. The van der Waals surface area contributed by atoms with Gasteiger partial charge in [-0.25, -0.2) is 4.79 Å². The lowest BCUT2D eigenvalue weighted by atomic mass is 10.0. The highest BCUT2D eigenvalue weighted by Gasteiger charge is 2.20. The van der Waals surface area contributed by atoms with Crippen LogP contribution in [0, 0.1) is 0 Å². The molecule has 0 amide bonds. The fourth-order valence-electron chi connectivity index (χ4n) is 3.33. The minimum atomic E-state index is -0.915. The number of hydrogen-bond donors (Lipinski definition) is 2. The van der Waals surface area contributed by atoms with Crippen LogP contribution in [0.1, 0.15) is 17.5 Å². The molecule has 0 aliphatic carbocycles. The molecule has 1 aliphatic rings. The smallest absolute Gasteiger partial charge is 0.328 e. The Morgan fingerprint density at radius 1 is 1.15 bits per heavy atom. The summed E-state index contributed by atoms with van der Waals surface area (Å²) >= 11 is 6.27. The van der Waals surface area contributed by atoms with E-state index < -0.39 is 5.97 Å². The Labute approximate surface area is 159 Å².